The third-order valence-corrected chi connectivity index (χ3v) is 4.18. The van der Waals surface area contributed by atoms with E-state index in [-0.39, 0.29) is 11.6 Å². The van der Waals surface area contributed by atoms with Gasteiger partial charge in [-0.15, -0.1) is 0 Å². The lowest BCUT2D eigenvalue weighted by atomic mass is 10.0. The van der Waals surface area contributed by atoms with Crippen LogP contribution < -0.4 is 15.4 Å². The van der Waals surface area contributed by atoms with Gasteiger partial charge in [-0.2, -0.15) is 0 Å². The quantitative estimate of drug-likeness (QED) is 0.607. The maximum Gasteiger partial charge on any atom is 0.274 e. The van der Waals surface area contributed by atoms with Crippen molar-refractivity contribution in [2.24, 2.45) is 0 Å². The SMILES string of the molecule is CCOc1ccccc1Nc1cc(C(=O)Nc2ccccc2C(C)C)ncn1. The second kappa shape index (κ2) is 8.99. The fourth-order valence-electron chi connectivity index (χ4n) is 2.84. The fraction of sp³-hybridized carbons (Fsp3) is 0.227. The summed E-state index contributed by atoms with van der Waals surface area (Å²) in [6.45, 7) is 6.67. The lowest BCUT2D eigenvalue weighted by Crippen LogP contribution is -2.15. The van der Waals surface area contributed by atoms with Gasteiger partial charge in [-0.05, 0) is 36.6 Å². The van der Waals surface area contributed by atoms with Crippen LogP contribution in [0.4, 0.5) is 17.2 Å². The van der Waals surface area contributed by atoms with E-state index in [1.54, 1.807) is 6.07 Å². The van der Waals surface area contributed by atoms with E-state index in [0.717, 1.165) is 22.7 Å². The van der Waals surface area contributed by atoms with Crippen LogP contribution in [-0.2, 0) is 0 Å². The minimum atomic E-state index is -0.281. The molecule has 0 radical (unpaired) electrons. The number of anilines is 3. The Hall–Kier alpha value is -3.41. The van der Waals surface area contributed by atoms with Crippen LogP contribution in [0.1, 0.15) is 42.7 Å². The lowest BCUT2D eigenvalue weighted by Gasteiger charge is -2.14. The first-order valence-corrected chi connectivity index (χ1v) is 9.29. The molecule has 3 rings (SSSR count). The van der Waals surface area contributed by atoms with Gasteiger partial charge in [0.1, 0.15) is 23.6 Å². The van der Waals surface area contributed by atoms with Crippen LogP contribution in [-0.4, -0.2) is 22.5 Å². The molecule has 0 aliphatic rings. The molecule has 0 saturated carbocycles. The van der Waals surface area contributed by atoms with Crippen molar-refractivity contribution in [3.8, 4) is 5.75 Å². The molecule has 0 atom stereocenters. The predicted molar refractivity (Wildman–Crippen MR) is 111 cm³/mol. The Labute approximate surface area is 165 Å². The van der Waals surface area contributed by atoms with E-state index in [2.05, 4.69) is 34.4 Å². The first-order valence-electron chi connectivity index (χ1n) is 9.29. The number of hydrogen-bond donors (Lipinski definition) is 2. The molecule has 3 aromatic rings. The Balaban J connectivity index is 1.79. The number of benzene rings is 2. The molecule has 144 valence electrons. The fourth-order valence-corrected chi connectivity index (χ4v) is 2.84. The summed E-state index contributed by atoms with van der Waals surface area (Å²) in [7, 11) is 0. The zero-order valence-corrected chi connectivity index (χ0v) is 16.3. The number of nitrogens with zero attached hydrogens (tertiary/aromatic N) is 2. The van der Waals surface area contributed by atoms with Gasteiger partial charge in [-0.25, -0.2) is 9.97 Å². The highest BCUT2D eigenvalue weighted by Gasteiger charge is 2.13. The maximum atomic E-state index is 12.7. The smallest absolute Gasteiger partial charge is 0.274 e. The van der Waals surface area contributed by atoms with Crippen molar-refractivity contribution in [2.45, 2.75) is 26.7 Å². The van der Waals surface area contributed by atoms with Crippen LogP contribution in [0.25, 0.3) is 0 Å². The minimum Gasteiger partial charge on any atom is -0.492 e. The molecule has 0 spiro atoms. The van der Waals surface area contributed by atoms with Gasteiger partial charge < -0.3 is 15.4 Å². The highest BCUT2D eigenvalue weighted by Crippen LogP contribution is 2.27. The lowest BCUT2D eigenvalue weighted by molar-refractivity contribution is 0.102. The van der Waals surface area contributed by atoms with Gasteiger partial charge >= 0.3 is 0 Å². The van der Waals surface area contributed by atoms with E-state index in [9.17, 15) is 4.79 Å². The highest BCUT2D eigenvalue weighted by atomic mass is 16.5. The van der Waals surface area contributed by atoms with Crippen LogP contribution in [0.5, 0.6) is 5.75 Å². The number of amides is 1. The van der Waals surface area contributed by atoms with E-state index in [0.29, 0.717) is 18.3 Å². The van der Waals surface area contributed by atoms with Gasteiger partial charge in [0.2, 0.25) is 0 Å². The molecule has 0 fully saturated rings. The van der Waals surface area contributed by atoms with Crippen molar-refractivity contribution in [1.29, 1.82) is 0 Å². The maximum absolute atomic E-state index is 12.7. The van der Waals surface area contributed by atoms with Crippen molar-refractivity contribution in [3.05, 3.63) is 72.2 Å². The van der Waals surface area contributed by atoms with E-state index >= 15 is 0 Å². The van der Waals surface area contributed by atoms with Gasteiger partial charge in [0.25, 0.3) is 5.91 Å². The summed E-state index contributed by atoms with van der Waals surface area (Å²) < 4.78 is 5.62. The molecule has 0 aliphatic heterocycles. The first-order chi connectivity index (χ1) is 13.6. The Kier molecular flexibility index (Phi) is 6.22. The standard InChI is InChI=1S/C22H24N4O2/c1-4-28-20-12-8-7-11-18(20)25-21-13-19(23-14-24-21)22(27)26-17-10-6-5-9-16(17)15(2)3/h5-15H,4H2,1-3H3,(H,26,27)(H,23,24,25). The second-order valence-corrected chi connectivity index (χ2v) is 6.54. The highest BCUT2D eigenvalue weighted by molar-refractivity contribution is 6.03. The van der Waals surface area contributed by atoms with Crippen LogP contribution in [0, 0.1) is 0 Å². The number of para-hydroxylation sites is 3. The van der Waals surface area contributed by atoms with Crippen molar-refractivity contribution in [1.82, 2.24) is 9.97 Å². The summed E-state index contributed by atoms with van der Waals surface area (Å²) in [5.41, 5.74) is 2.93. The molecular weight excluding hydrogens is 352 g/mol. The van der Waals surface area contributed by atoms with Crippen LogP contribution in [0.15, 0.2) is 60.9 Å². The van der Waals surface area contributed by atoms with Gasteiger partial charge in [-0.3, -0.25) is 4.79 Å². The third-order valence-electron chi connectivity index (χ3n) is 4.18. The largest absolute Gasteiger partial charge is 0.492 e. The molecule has 0 aliphatic carbocycles. The van der Waals surface area contributed by atoms with Gasteiger partial charge in [0.15, 0.2) is 0 Å². The molecule has 2 N–H and O–H groups in total. The zero-order chi connectivity index (χ0) is 19.9. The molecule has 0 bridgehead atoms. The van der Waals surface area contributed by atoms with Crippen molar-refractivity contribution < 1.29 is 9.53 Å². The second-order valence-electron chi connectivity index (χ2n) is 6.54. The van der Waals surface area contributed by atoms with Crippen molar-refractivity contribution in [3.63, 3.8) is 0 Å². The summed E-state index contributed by atoms with van der Waals surface area (Å²) in [6, 6.07) is 17.0. The van der Waals surface area contributed by atoms with Crippen LogP contribution in [0.2, 0.25) is 0 Å². The molecule has 2 aromatic carbocycles. The predicted octanol–water partition coefficient (Wildman–Crippen LogP) is 4.99. The summed E-state index contributed by atoms with van der Waals surface area (Å²) in [4.78, 5) is 21.0. The van der Waals surface area contributed by atoms with E-state index in [1.807, 2.05) is 55.5 Å². The van der Waals surface area contributed by atoms with E-state index in [4.69, 9.17) is 4.74 Å². The Morgan fingerprint density at radius 3 is 2.50 bits per heavy atom. The number of rotatable bonds is 7. The van der Waals surface area contributed by atoms with Crippen LogP contribution >= 0.6 is 0 Å². The topological polar surface area (TPSA) is 76.1 Å². The number of hydrogen-bond acceptors (Lipinski definition) is 5. The first kappa shape index (κ1) is 19.4. The van der Waals surface area contributed by atoms with Gasteiger partial charge in [-0.1, -0.05) is 44.2 Å². The van der Waals surface area contributed by atoms with E-state index < -0.39 is 0 Å². The zero-order valence-electron chi connectivity index (χ0n) is 16.3. The normalized spacial score (nSPS) is 10.6. The molecular formula is C22H24N4O2. The van der Waals surface area contributed by atoms with E-state index in [1.165, 1.54) is 6.33 Å². The molecule has 0 saturated heterocycles. The molecule has 6 heteroatoms. The summed E-state index contributed by atoms with van der Waals surface area (Å²) in [5, 5.41) is 6.14. The number of nitrogens with one attached hydrogen (secondary N) is 2. The molecule has 28 heavy (non-hydrogen) atoms. The summed E-state index contributed by atoms with van der Waals surface area (Å²) in [5.74, 6) is 1.26. The number of carbonyl (C=O) groups excluding carboxylic acids is 1. The monoisotopic (exact) mass is 376 g/mol. The number of aromatic nitrogens is 2. The molecule has 0 unspecified atom stereocenters. The minimum absolute atomic E-state index is 0.281. The third kappa shape index (κ3) is 4.65. The Morgan fingerprint density at radius 1 is 1.04 bits per heavy atom. The van der Waals surface area contributed by atoms with Gasteiger partial charge in [0.05, 0.1) is 12.3 Å². The summed E-state index contributed by atoms with van der Waals surface area (Å²) in [6.07, 6.45) is 1.37. The summed E-state index contributed by atoms with van der Waals surface area (Å²) >= 11 is 0. The van der Waals surface area contributed by atoms with Crippen molar-refractivity contribution in [2.75, 3.05) is 17.2 Å². The molecule has 6 nitrogen and oxygen atoms in total. The number of ether oxygens (including phenoxy) is 1. The molecule has 1 amide bonds. The Morgan fingerprint density at radius 2 is 1.75 bits per heavy atom. The molecule has 1 heterocycles. The average Bonchev–Trinajstić information content (AvgIpc) is 2.70. The average molecular weight is 376 g/mol. The van der Waals surface area contributed by atoms with Crippen LogP contribution in [0.3, 0.4) is 0 Å². The Bertz CT molecular complexity index is 957. The number of carbonyl (C=O) groups is 1. The van der Waals surface area contributed by atoms with Gasteiger partial charge in [0, 0.05) is 11.8 Å². The van der Waals surface area contributed by atoms with Crippen molar-refractivity contribution >= 4 is 23.1 Å². The molecule has 1 aromatic heterocycles.